The second-order valence-corrected chi connectivity index (χ2v) is 6.08. The first kappa shape index (κ1) is 14.7. The highest BCUT2D eigenvalue weighted by atomic mass is 79.9. The molecule has 4 rings (SSSR count). The summed E-state index contributed by atoms with van der Waals surface area (Å²) in [6.07, 6.45) is 1.74. The number of aromatic carboxylic acids is 1. The Labute approximate surface area is 145 Å². The second-order valence-electron chi connectivity index (χ2n) is 5.23. The minimum Gasteiger partial charge on any atom is -0.476 e. The molecule has 0 bridgehead atoms. The van der Waals surface area contributed by atoms with Gasteiger partial charge in [-0.05, 0) is 34.1 Å². The number of carbonyl (C=O) groups is 1. The molecule has 0 aliphatic carbocycles. The fourth-order valence-electron chi connectivity index (χ4n) is 2.66. The molecular formula is C18H11BrN2O3. The van der Waals surface area contributed by atoms with E-state index in [9.17, 15) is 9.90 Å². The predicted octanol–water partition coefficient (Wildman–Crippen LogP) is 4.95. The zero-order chi connectivity index (χ0) is 16.7. The van der Waals surface area contributed by atoms with Crippen LogP contribution in [0.15, 0.2) is 63.6 Å². The van der Waals surface area contributed by atoms with E-state index < -0.39 is 5.97 Å². The highest BCUT2D eigenvalue weighted by molar-refractivity contribution is 9.10. The molecular weight excluding hydrogens is 372 g/mol. The van der Waals surface area contributed by atoms with Gasteiger partial charge in [-0.3, -0.25) is 0 Å². The third-order valence-electron chi connectivity index (χ3n) is 3.77. The Balaban J connectivity index is 1.96. The Kier molecular flexibility index (Phi) is 3.46. The normalized spacial score (nSPS) is 11.0. The van der Waals surface area contributed by atoms with Crippen LogP contribution in [-0.2, 0) is 0 Å². The number of halogens is 1. The summed E-state index contributed by atoms with van der Waals surface area (Å²) in [6, 6.07) is 15.0. The molecule has 0 saturated heterocycles. The van der Waals surface area contributed by atoms with Crippen LogP contribution >= 0.6 is 15.9 Å². The van der Waals surface area contributed by atoms with E-state index in [2.05, 4.69) is 25.9 Å². The van der Waals surface area contributed by atoms with Gasteiger partial charge in [-0.25, -0.2) is 9.78 Å². The highest BCUT2D eigenvalue weighted by Crippen LogP contribution is 2.36. The van der Waals surface area contributed by atoms with E-state index in [1.54, 1.807) is 6.20 Å². The third-order valence-corrected chi connectivity index (χ3v) is 4.46. The van der Waals surface area contributed by atoms with Crippen molar-refractivity contribution in [1.82, 2.24) is 9.97 Å². The zero-order valence-electron chi connectivity index (χ0n) is 12.3. The number of aromatic amines is 1. The molecule has 24 heavy (non-hydrogen) atoms. The molecule has 0 radical (unpaired) electrons. The van der Waals surface area contributed by atoms with Crippen molar-refractivity contribution in [2.45, 2.75) is 0 Å². The number of hydrogen-bond acceptors (Lipinski definition) is 3. The summed E-state index contributed by atoms with van der Waals surface area (Å²) in [5.41, 5.74) is 2.17. The number of aromatic nitrogens is 2. The molecule has 118 valence electrons. The van der Waals surface area contributed by atoms with Gasteiger partial charge in [0.2, 0.25) is 5.89 Å². The monoisotopic (exact) mass is 382 g/mol. The first-order valence-electron chi connectivity index (χ1n) is 7.20. The molecule has 2 aromatic heterocycles. The van der Waals surface area contributed by atoms with Crippen LogP contribution in [-0.4, -0.2) is 21.0 Å². The van der Waals surface area contributed by atoms with Crippen molar-refractivity contribution in [2.24, 2.45) is 0 Å². The van der Waals surface area contributed by atoms with E-state index in [0.29, 0.717) is 11.1 Å². The van der Waals surface area contributed by atoms with Crippen LogP contribution in [0.25, 0.3) is 33.7 Å². The fraction of sp³-hybridized carbons (Fsp3) is 0. The van der Waals surface area contributed by atoms with Crippen molar-refractivity contribution < 1.29 is 14.3 Å². The van der Waals surface area contributed by atoms with E-state index in [1.165, 1.54) is 0 Å². The Morgan fingerprint density at radius 1 is 1.08 bits per heavy atom. The molecule has 5 nitrogen and oxygen atoms in total. The number of benzene rings is 2. The molecule has 0 aliphatic heterocycles. The predicted molar refractivity (Wildman–Crippen MR) is 93.9 cm³/mol. The number of H-pyrrole nitrogens is 1. The third kappa shape index (κ3) is 2.32. The number of para-hydroxylation sites is 1. The summed E-state index contributed by atoms with van der Waals surface area (Å²) < 4.78 is 6.64. The van der Waals surface area contributed by atoms with E-state index in [-0.39, 0.29) is 17.3 Å². The van der Waals surface area contributed by atoms with Gasteiger partial charge in [0, 0.05) is 27.1 Å². The van der Waals surface area contributed by atoms with Crippen LogP contribution in [0, 0.1) is 0 Å². The summed E-state index contributed by atoms with van der Waals surface area (Å²) >= 11 is 3.44. The van der Waals surface area contributed by atoms with Gasteiger partial charge < -0.3 is 14.5 Å². The lowest BCUT2D eigenvalue weighted by Crippen LogP contribution is -1.98. The Morgan fingerprint density at radius 2 is 1.83 bits per heavy atom. The molecule has 0 fully saturated rings. The molecule has 0 amide bonds. The molecule has 0 unspecified atom stereocenters. The van der Waals surface area contributed by atoms with E-state index >= 15 is 0 Å². The van der Waals surface area contributed by atoms with E-state index in [1.807, 2.05) is 48.5 Å². The van der Waals surface area contributed by atoms with Crippen molar-refractivity contribution in [3.05, 3.63) is 64.9 Å². The molecule has 0 atom stereocenters. The average molecular weight is 383 g/mol. The first-order valence-corrected chi connectivity index (χ1v) is 8.00. The van der Waals surface area contributed by atoms with Crippen LogP contribution in [0.4, 0.5) is 0 Å². The number of nitrogens with one attached hydrogen (secondary N) is 1. The SMILES string of the molecule is O=C(O)c1nc(-c2ccccc2Br)oc1-c1c[nH]c2ccccc12. The van der Waals surface area contributed by atoms with Crippen molar-refractivity contribution >= 4 is 32.8 Å². The number of carboxylic acids is 1. The van der Waals surface area contributed by atoms with Gasteiger partial charge in [0.1, 0.15) is 0 Å². The fourth-order valence-corrected chi connectivity index (χ4v) is 3.11. The van der Waals surface area contributed by atoms with Gasteiger partial charge in [0.15, 0.2) is 11.5 Å². The second kappa shape index (κ2) is 5.65. The summed E-state index contributed by atoms with van der Waals surface area (Å²) in [5, 5.41) is 10.4. The smallest absolute Gasteiger partial charge is 0.358 e. The lowest BCUT2D eigenvalue weighted by atomic mass is 10.1. The molecule has 0 saturated carbocycles. The van der Waals surface area contributed by atoms with Crippen molar-refractivity contribution in [2.75, 3.05) is 0 Å². The quantitative estimate of drug-likeness (QED) is 0.525. The number of hydrogen-bond donors (Lipinski definition) is 2. The molecule has 0 spiro atoms. The van der Waals surface area contributed by atoms with Gasteiger partial charge >= 0.3 is 5.97 Å². The van der Waals surface area contributed by atoms with Crippen LogP contribution < -0.4 is 0 Å². The van der Waals surface area contributed by atoms with E-state index in [0.717, 1.165) is 15.4 Å². The standard InChI is InChI=1S/C18H11BrN2O3/c19-13-7-3-1-6-11(13)17-21-15(18(22)23)16(24-17)12-9-20-14-8-4-2-5-10(12)14/h1-9,20H,(H,22,23). The molecule has 2 N–H and O–H groups in total. The summed E-state index contributed by atoms with van der Waals surface area (Å²) in [4.78, 5) is 19.0. The maximum atomic E-state index is 11.6. The number of nitrogens with zero attached hydrogens (tertiary/aromatic N) is 1. The minimum atomic E-state index is -1.13. The van der Waals surface area contributed by atoms with Crippen molar-refractivity contribution in [1.29, 1.82) is 0 Å². The van der Waals surface area contributed by atoms with Gasteiger partial charge in [0.05, 0.1) is 5.56 Å². The van der Waals surface area contributed by atoms with E-state index in [4.69, 9.17) is 4.42 Å². The van der Waals surface area contributed by atoms with Gasteiger partial charge in [0.25, 0.3) is 0 Å². The lowest BCUT2D eigenvalue weighted by Gasteiger charge is -1.98. The van der Waals surface area contributed by atoms with Crippen LogP contribution in [0.1, 0.15) is 10.5 Å². The molecule has 2 aromatic carbocycles. The molecule has 6 heteroatoms. The van der Waals surface area contributed by atoms with Gasteiger partial charge in [-0.2, -0.15) is 0 Å². The largest absolute Gasteiger partial charge is 0.476 e. The maximum Gasteiger partial charge on any atom is 0.358 e. The van der Waals surface area contributed by atoms with Gasteiger partial charge in [-0.1, -0.05) is 30.3 Å². The van der Waals surface area contributed by atoms with Gasteiger partial charge in [-0.15, -0.1) is 0 Å². The number of rotatable bonds is 3. The molecule has 4 aromatic rings. The molecule has 2 heterocycles. The van der Waals surface area contributed by atoms with Crippen molar-refractivity contribution in [3.8, 4) is 22.8 Å². The summed E-state index contributed by atoms with van der Waals surface area (Å²) in [5.74, 6) is -0.622. The summed E-state index contributed by atoms with van der Waals surface area (Å²) in [6.45, 7) is 0. The number of fused-ring (bicyclic) bond motifs is 1. The van der Waals surface area contributed by atoms with Crippen LogP contribution in [0.3, 0.4) is 0 Å². The zero-order valence-corrected chi connectivity index (χ0v) is 13.9. The lowest BCUT2D eigenvalue weighted by molar-refractivity contribution is 0.0691. The maximum absolute atomic E-state index is 11.6. The number of carboxylic acid groups (broad SMARTS) is 1. The summed E-state index contributed by atoms with van der Waals surface area (Å²) in [7, 11) is 0. The minimum absolute atomic E-state index is 0.106. The van der Waals surface area contributed by atoms with Crippen molar-refractivity contribution in [3.63, 3.8) is 0 Å². The first-order chi connectivity index (χ1) is 11.6. The Hall–Kier alpha value is -2.86. The number of oxazole rings is 1. The Morgan fingerprint density at radius 3 is 2.62 bits per heavy atom. The Bertz CT molecular complexity index is 1070. The highest BCUT2D eigenvalue weighted by Gasteiger charge is 2.24. The topological polar surface area (TPSA) is 79.1 Å². The van der Waals surface area contributed by atoms with Crippen LogP contribution in [0.5, 0.6) is 0 Å². The molecule has 0 aliphatic rings. The van der Waals surface area contributed by atoms with Crippen LogP contribution in [0.2, 0.25) is 0 Å². The average Bonchev–Trinajstić information content (AvgIpc) is 3.19.